The molecular formula is C22H28N2O4S. The van der Waals surface area contributed by atoms with E-state index in [0.717, 1.165) is 5.56 Å². The molecule has 1 heterocycles. The molecule has 6 nitrogen and oxygen atoms in total. The summed E-state index contributed by atoms with van der Waals surface area (Å²) in [6, 6.07) is 14.6. The number of benzene rings is 2. The van der Waals surface area contributed by atoms with Crippen LogP contribution in [0, 0.1) is 6.92 Å². The third kappa shape index (κ3) is 5.16. The number of ether oxygens (including phenoxy) is 1. The Morgan fingerprint density at radius 2 is 1.55 bits per heavy atom. The van der Waals surface area contributed by atoms with Gasteiger partial charge in [-0.25, -0.2) is 8.42 Å². The SMILES string of the molecule is Cc1ccc(S(=O)(=O)N2CCN(C(=O)COc3ccc(C(C)C)cc3)CC2)cc1. The summed E-state index contributed by atoms with van der Waals surface area (Å²) in [7, 11) is -3.53. The van der Waals surface area contributed by atoms with Crippen LogP contribution in [0.15, 0.2) is 53.4 Å². The maximum Gasteiger partial charge on any atom is 0.260 e. The van der Waals surface area contributed by atoms with Crippen molar-refractivity contribution in [2.45, 2.75) is 31.6 Å². The molecule has 0 N–H and O–H groups in total. The molecule has 0 unspecified atom stereocenters. The van der Waals surface area contributed by atoms with Gasteiger partial charge in [0.05, 0.1) is 4.90 Å². The van der Waals surface area contributed by atoms with Gasteiger partial charge in [0.15, 0.2) is 6.61 Å². The fourth-order valence-electron chi connectivity index (χ4n) is 3.22. The summed E-state index contributed by atoms with van der Waals surface area (Å²) in [6.45, 7) is 7.40. The molecule has 0 saturated carbocycles. The summed E-state index contributed by atoms with van der Waals surface area (Å²) in [6.07, 6.45) is 0. The summed E-state index contributed by atoms with van der Waals surface area (Å²) in [5.74, 6) is 0.965. The van der Waals surface area contributed by atoms with Crippen LogP contribution in [0.5, 0.6) is 5.75 Å². The minimum Gasteiger partial charge on any atom is -0.484 e. The molecule has 0 aliphatic carbocycles. The second-order valence-corrected chi connectivity index (χ2v) is 9.55. The number of hydrogen-bond donors (Lipinski definition) is 0. The summed E-state index contributed by atoms with van der Waals surface area (Å²) < 4.78 is 32.6. The fourth-order valence-corrected chi connectivity index (χ4v) is 4.64. The van der Waals surface area contributed by atoms with Crippen LogP contribution in [0.1, 0.15) is 30.9 Å². The smallest absolute Gasteiger partial charge is 0.260 e. The second-order valence-electron chi connectivity index (χ2n) is 7.61. The van der Waals surface area contributed by atoms with Gasteiger partial charge in [0, 0.05) is 26.2 Å². The van der Waals surface area contributed by atoms with Crippen molar-refractivity contribution in [1.29, 1.82) is 0 Å². The van der Waals surface area contributed by atoms with Crippen LogP contribution in [-0.4, -0.2) is 56.3 Å². The van der Waals surface area contributed by atoms with Crippen molar-refractivity contribution in [3.63, 3.8) is 0 Å². The van der Waals surface area contributed by atoms with Gasteiger partial charge in [0.25, 0.3) is 5.91 Å². The molecule has 156 valence electrons. The van der Waals surface area contributed by atoms with Crippen LogP contribution in [0.2, 0.25) is 0 Å². The first kappa shape index (κ1) is 21.3. The first-order valence-electron chi connectivity index (χ1n) is 9.85. The highest BCUT2D eigenvalue weighted by Gasteiger charge is 2.30. The van der Waals surface area contributed by atoms with Gasteiger partial charge in [-0.1, -0.05) is 43.7 Å². The van der Waals surface area contributed by atoms with Crippen LogP contribution < -0.4 is 4.74 Å². The van der Waals surface area contributed by atoms with Crippen LogP contribution in [0.25, 0.3) is 0 Å². The predicted molar refractivity (Wildman–Crippen MR) is 113 cm³/mol. The number of rotatable bonds is 6. The Morgan fingerprint density at radius 3 is 2.10 bits per heavy atom. The van der Waals surface area contributed by atoms with E-state index < -0.39 is 10.0 Å². The van der Waals surface area contributed by atoms with Crippen molar-refractivity contribution in [2.24, 2.45) is 0 Å². The molecule has 0 bridgehead atoms. The number of piperazine rings is 1. The average Bonchev–Trinajstić information content (AvgIpc) is 2.72. The van der Waals surface area contributed by atoms with E-state index in [4.69, 9.17) is 4.74 Å². The molecule has 2 aromatic rings. The molecule has 29 heavy (non-hydrogen) atoms. The zero-order valence-electron chi connectivity index (χ0n) is 17.2. The number of carbonyl (C=O) groups is 1. The number of amides is 1. The van der Waals surface area contributed by atoms with Crippen LogP contribution in [0.3, 0.4) is 0 Å². The Balaban J connectivity index is 1.52. The molecule has 3 rings (SSSR count). The first-order chi connectivity index (χ1) is 13.8. The molecule has 0 aromatic heterocycles. The molecule has 7 heteroatoms. The lowest BCUT2D eigenvalue weighted by molar-refractivity contribution is -0.134. The lowest BCUT2D eigenvalue weighted by Gasteiger charge is -2.34. The molecule has 0 atom stereocenters. The molecule has 0 spiro atoms. The Morgan fingerprint density at radius 1 is 0.966 bits per heavy atom. The van der Waals surface area contributed by atoms with E-state index in [-0.39, 0.29) is 30.5 Å². The Hall–Kier alpha value is -2.38. The zero-order chi connectivity index (χ0) is 21.0. The molecule has 1 amide bonds. The van der Waals surface area contributed by atoms with E-state index >= 15 is 0 Å². The van der Waals surface area contributed by atoms with Gasteiger partial charge in [0.2, 0.25) is 10.0 Å². The van der Waals surface area contributed by atoms with Crippen molar-refractivity contribution >= 4 is 15.9 Å². The molecular weight excluding hydrogens is 388 g/mol. The zero-order valence-corrected chi connectivity index (χ0v) is 18.0. The average molecular weight is 417 g/mol. The van der Waals surface area contributed by atoms with Crippen molar-refractivity contribution in [3.05, 3.63) is 59.7 Å². The number of nitrogens with zero attached hydrogens (tertiary/aromatic N) is 2. The molecule has 1 aliphatic heterocycles. The molecule has 0 radical (unpaired) electrons. The standard InChI is InChI=1S/C22H28N2O4S/c1-17(2)19-6-8-20(9-7-19)28-16-22(25)23-12-14-24(15-13-23)29(26,27)21-10-4-18(3)5-11-21/h4-11,17H,12-16H2,1-3H3. The van der Waals surface area contributed by atoms with Gasteiger partial charge in [-0.15, -0.1) is 0 Å². The number of hydrogen-bond acceptors (Lipinski definition) is 4. The Kier molecular flexibility index (Phi) is 6.59. The third-order valence-corrected chi connectivity index (χ3v) is 7.07. The summed E-state index contributed by atoms with van der Waals surface area (Å²) in [5, 5.41) is 0. The molecule has 1 saturated heterocycles. The minimum absolute atomic E-state index is 0.0499. The monoisotopic (exact) mass is 416 g/mol. The van der Waals surface area contributed by atoms with Gasteiger partial charge in [-0.2, -0.15) is 4.31 Å². The molecule has 2 aromatic carbocycles. The maximum absolute atomic E-state index is 12.8. The van der Waals surface area contributed by atoms with Gasteiger partial charge in [-0.05, 0) is 42.7 Å². The summed E-state index contributed by atoms with van der Waals surface area (Å²) >= 11 is 0. The fraction of sp³-hybridized carbons (Fsp3) is 0.409. The van der Waals surface area contributed by atoms with Crippen molar-refractivity contribution in [1.82, 2.24) is 9.21 Å². The maximum atomic E-state index is 12.8. The van der Waals surface area contributed by atoms with Crippen molar-refractivity contribution in [3.8, 4) is 5.75 Å². The van der Waals surface area contributed by atoms with Crippen LogP contribution in [0.4, 0.5) is 0 Å². The first-order valence-corrected chi connectivity index (χ1v) is 11.3. The van der Waals surface area contributed by atoms with Gasteiger partial charge >= 0.3 is 0 Å². The summed E-state index contributed by atoms with van der Waals surface area (Å²) in [4.78, 5) is 14.4. The Labute approximate surface area is 173 Å². The van der Waals surface area contributed by atoms with Gasteiger partial charge < -0.3 is 9.64 Å². The highest BCUT2D eigenvalue weighted by atomic mass is 32.2. The molecule has 1 fully saturated rings. The second kappa shape index (κ2) is 8.97. The Bertz CT molecular complexity index is 930. The number of carbonyl (C=O) groups excluding carboxylic acids is 1. The van der Waals surface area contributed by atoms with Gasteiger partial charge in [-0.3, -0.25) is 4.79 Å². The topological polar surface area (TPSA) is 66.9 Å². The minimum atomic E-state index is -3.53. The number of aryl methyl sites for hydroxylation is 1. The van der Waals surface area contributed by atoms with E-state index in [1.54, 1.807) is 29.2 Å². The summed E-state index contributed by atoms with van der Waals surface area (Å²) in [5.41, 5.74) is 2.23. The van der Waals surface area contributed by atoms with E-state index in [2.05, 4.69) is 13.8 Å². The third-order valence-electron chi connectivity index (χ3n) is 5.16. The number of sulfonamides is 1. The quantitative estimate of drug-likeness (QED) is 0.726. The highest BCUT2D eigenvalue weighted by Crippen LogP contribution is 2.20. The van der Waals surface area contributed by atoms with Gasteiger partial charge in [0.1, 0.15) is 5.75 Å². The lowest BCUT2D eigenvalue weighted by atomic mass is 10.0. The predicted octanol–water partition coefficient (Wildman–Crippen LogP) is 3.03. The van der Waals surface area contributed by atoms with Crippen molar-refractivity contribution in [2.75, 3.05) is 32.8 Å². The van der Waals surface area contributed by atoms with E-state index in [1.165, 1.54) is 9.87 Å². The van der Waals surface area contributed by atoms with Crippen LogP contribution >= 0.6 is 0 Å². The van der Waals surface area contributed by atoms with Crippen LogP contribution in [-0.2, 0) is 14.8 Å². The van der Waals surface area contributed by atoms with Crippen molar-refractivity contribution < 1.29 is 17.9 Å². The highest BCUT2D eigenvalue weighted by molar-refractivity contribution is 7.89. The van der Waals surface area contributed by atoms with E-state index in [0.29, 0.717) is 24.8 Å². The molecule has 1 aliphatic rings. The normalized spacial score (nSPS) is 15.5. The largest absolute Gasteiger partial charge is 0.484 e. The van der Waals surface area contributed by atoms with E-state index in [1.807, 2.05) is 31.2 Å². The lowest BCUT2D eigenvalue weighted by Crippen LogP contribution is -2.51. The van der Waals surface area contributed by atoms with E-state index in [9.17, 15) is 13.2 Å².